The summed E-state index contributed by atoms with van der Waals surface area (Å²) in [6.07, 6.45) is 2.56. The van der Waals surface area contributed by atoms with E-state index in [4.69, 9.17) is 0 Å². The summed E-state index contributed by atoms with van der Waals surface area (Å²) in [5.74, 6) is 0. The van der Waals surface area contributed by atoms with Crippen LogP contribution in [0.1, 0.15) is 47.2 Å². The van der Waals surface area contributed by atoms with E-state index in [1.807, 2.05) is 0 Å². The van der Waals surface area contributed by atoms with Crippen molar-refractivity contribution in [2.45, 2.75) is 61.6 Å². The van der Waals surface area contributed by atoms with Crippen LogP contribution in [0.5, 0.6) is 0 Å². The fraction of sp³-hybridized carbons (Fsp3) is 0.391. The van der Waals surface area contributed by atoms with E-state index < -0.39 is 0 Å². The minimum absolute atomic E-state index is 0.264. The normalized spacial score (nSPS) is 17.3. The topological polar surface area (TPSA) is 6.48 Å². The Morgan fingerprint density at radius 3 is 1.48 bits per heavy atom. The average molecular weight is 335 g/mol. The Bertz CT molecular complexity index is 814. The Labute approximate surface area is 152 Å². The van der Waals surface area contributed by atoms with Crippen LogP contribution < -0.4 is 9.80 Å². The highest BCUT2D eigenvalue weighted by Crippen LogP contribution is 2.39. The van der Waals surface area contributed by atoms with Gasteiger partial charge in [-0.15, -0.1) is 0 Å². The van der Waals surface area contributed by atoms with Crippen molar-refractivity contribution in [3.63, 3.8) is 0 Å². The van der Waals surface area contributed by atoms with Crippen LogP contribution >= 0.6 is 0 Å². The van der Waals surface area contributed by atoms with Gasteiger partial charge in [-0.1, -0.05) is 35.4 Å². The second-order valence-electron chi connectivity index (χ2n) is 7.67. The highest BCUT2D eigenvalue weighted by Gasteiger charge is 2.31. The number of rotatable bonds is 2. The minimum atomic E-state index is 0.264. The van der Waals surface area contributed by atoms with Crippen LogP contribution in [0.25, 0.3) is 0 Å². The number of hydrogen-bond donors (Lipinski definition) is 0. The summed E-state index contributed by atoms with van der Waals surface area (Å²) in [7, 11) is 0. The molecule has 0 bridgehead atoms. The van der Waals surface area contributed by atoms with Crippen molar-refractivity contribution in [1.29, 1.82) is 0 Å². The first-order valence-electron chi connectivity index (χ1n) is 9.12. The lowest BCUT2D eigenvalue weighted by Crippen LogP contribution is -2.38. The average Bonchev–Trinajstić information content (AvgIpc) is 2.73. The third kappa shape index (κ3) is 2.95. The smallest absolute Gasteiger partial charge is 0.107 e. The number of anilines is 2. The first kappa shape index (κ1) is 17.6. The van der Waals surface area contributed by atoms with Crippen LogP contribution in [-0.4, -0.2) is 6.17 Å². The Morgan fingerprint density at radius 2 is 1.04 bits per heavy atom. The second-order valence-corrected chi connectivity index (χ2v) is 7.67. The third-order valence-corrected chi connectivity index (χ3v) is 5.25. The van der Waals surface area contributed by atoms with Gasteiger partial charge in [-0.2, -0.15) is 0 Å². The first-order valence-corrected chi connectivity index (χ1v) is 9.12. The van der Waals surface area contributed by atoms with Crippen molar-refractivity contribution < 1.29 is 0 Å². The lowest BCUT2D eigenvalue weighted by Gasteiger charge is -2.34. The largest absolute Gasteiger partial charge is 0.325 e. The predicted octanol–water partition coefficient (Wildman–Crippen LogP) is 6.07. The zero-order valence-electron chi connectivity index (χ0n) is 16.9. The van der Waals surface area contributed by atoms with Gasteiger partial charge in [-0.3, -0.25) is 0 Å². The number of benzene rings is 2. The fourth-order valence-corrected chi connectivity index (χ4v) is 4.54. The van der Waals surface area contributed by atoms with E-state index in [1.54, 1.807) is 0 Å². The second kappa shape index (κ2) is 6.25. The number of hydrogen-bond acceptors (Lipinski definition) is 2. The summed E-state index contributed by atoms with van der Waals surface area (Å²) in [6.45, 7) is 17.7. The SMILES string of the molecule is CC1=CN(c2c(C)cc(C)cc2C)C(C)N1c1c(C)cc(C)cc1C. The fourth-order valence-electron chi connectivity index (χ4n) is 4.54. The maximum atomic E-state index is 2.48. The van der Waals surface area contributed by atoms with Gasteiger partial charge < -0.3 is 9.80 Å². The van der Waals surface area contributed by atoms with Crippen LogP contribution in [0.15, 0.2) is 36.2 Å². The molecule has 0 N–H and O–H groups in total. The molecule has 1 heterocycles. The van der Waals surface area contributed by atoms with Gasteiger partial charge in [0, 0.05) is 23.3 Å². The summed E-state index contributed by atoms with van der Waals surface area (Å²) < 4.78 is 0. The quantitative estimate of drug-likeness (QED) is 0.657. The first-order chi connectivity index (χ1) is 11.7. The monoisotopic (exact) mass is 334 g/mol. The molecule has 0 aliphatic carbocycles. The molecule has 2 heteroatoms. The van der Waals surface area contributed by atoms with Crippen LogP contribution in [-0.2, 0) is 0 Å². The van der Waals surface area contributed by atoms with Crippen LogP contribution in [0.2, 0.25) is 0 Å². The predicted molar refractivity (Wildman–Crippen MR) is 109 cm³/mol. The molecule has 3 rings (SSSR count). The standard InChI is InChI=1S/C23H30N2/c1-14-9-16(3)22(17(4)10-14)24-13-20(7)25(21(24)8)23-18(5)11-15(2)12-19(23)6/h9-13,21H,1-8H3. The highest BCUT2D eigenvalue weighted by molar-refractivity contribution is 5.72. The van der Waals surface area contributed by atoms with Crippen molar-refractivity contribution in [2.75, 3.05) is 9.80 Å². The number of nitrogens with zero attached hydrogens (tertiary/aromatic N) is 2. The molecule has 1 aliphatic rings. The lowest BCUT2D eigenvalue weighted by atomic mass is 10.0. The zero-order valence-corrected chi connectivity index (χ0v) is 16.9. The van der Waals surface area contributed by atoms with Gasteiger partial charge in [0.15, 0.2) is 0 Å². The Morgan fingerprint density at radius 1 is 0.640 bits per heavy atom. The molecule has 0 saturated carbocycles. The van der Waals surface area contributed by atoms with Crippen molar-refractivity contribution in [3.05, 3.63) is 69.5 Å². The van der Waals surface area contributed by atoms with E-state index in [1.165, 1.54) is 50.5 Å². The molecule has 2 nitrogen and oxygen atoms in total. The summed E-state index contributed by atoms with van der Waals surface area (Å²) in [6, 6.07) is 9.13. The molecule has 25 heavy (non-hydrogen) atoms. The minimum Gasteiger partial charge on any atom is -0.325 e. The summed E-state index contributed by atoms with van der Waals surface area (Å²) in [5, 5.41) is 0. The van der Waals surface area contributed by atoms with E-state index in [9.17, 15) is 0 Å². The van der Waals surface area contributed by atoms with Gasteiger partial charge in [0.25, 0.3) is 0 Å². The zero-order chi connectivity index (χ0) is 18.5. The van der Waals surface area contributed by atoms with Crippen molar-refractivity contribution in [1.82, 2.24) is 0 Å². The van der Waals surface area contributed by atoms with Crippen molar-refractivity contribution >= 4 is 11.4 Å². The number of allylic oxidation sites excluding steroid dienone is 1. The summed E-state index contributed by atoms with van der Waals surface area (Å²) >= 11 is 0. The van der Waals surface area contributed by atoms with Gasteiger partial charge >= 0.3 is 0 Å². The maximum Gasteiger partial charge on any atom is 0.107 e. The van der Waals surface area contributed by atoms with Crippen LogP contribution in [0, 0.1) is 41.5 Å². The van der Waals surface area contributed by atoms with E-state index >= 15 is 0 Å². The van der Waals surface area contributed by atoms with Gasteiger partial charge in [-0.05, 0) is 77.6 Å². The molecule has 1 unspecified atom stereocenters. The molecule has 0 fully saturated rings. The highest BCUT2D eigenvalue weighted by atomic mass is 15.4. The van der Waals surface area contributed by atoms with Gasteiger partial charge in [0.05, 0.1) is 0 Å². The summed E-state index contributed by atoms with van der Waals surface area (Å²) in [5.41, 5.74) is 12.0. The van der Waals surface area contributed by atoms with Gasteiger partial charge in [-0.25, -0.2) is 0 Å². The Hall–Kier alpha value is -2.22. The molecule has 0 amide bonds. The molecule has 0 radical (unpaired) electrons. The molecular weight excluding hydrogens is 304 g/mol. The van der Waals surface area contributed by atoms with Gasteiger partial charge in [0.2, 0.25) is 0 Å². The lowest BCUT2D eigenvalue weighted by molar-refractivity contribution is 0.730. The van der Waals surface area contributed by atoms with Gasteiger partial charge in [0.1, 0.15) is 6.17 Å². The molecule has 2 aromatic carbocycles. The van der Waals surface area contributed by atoms with Crippen LogP contribution in [0.3, 0.4) is 0 Å². The Balaban J connectivity index is 2.08. The van der Waals surface area contributed by atoms with E-state index in [2.05, 4.69) is 95.7 Å². The molecule has 2 aromatic rings. The molecule has 0 spiro atoms. The molecule has 132 valence electrons. The van der Waals surface area contributed by atoms with E-state index in [-0.39, 0.29) is 6.17 Å². The number of aryl methyl sites for hydroxylation is 6. The molecular formula is C23H30N2. The third-order valence-electron chi connectivity index (χ3n) is 5.25. The van der Waals surface area contributed by atoms with Crippen LogP contribution in [0.4, 0.5) is 11.4 Å². The maximum absolute atomic E-state index is 2.48. The molecule has 1 aliphatic heterocycles. The van der Waals surface area contributed by atoms with E-state index in [0.717, 1.165) is 0 Å². The Kier molecular flexibility index (Phi) is 4.40. The van der Waals surface area contributed by atoms with Crippen molar-refractivity contribution in [3.8, 4) is 0 Å². The van der Waals surface area contributed by atoms with Crippen molar-refractivity contribution in [2.24, 2.45) is 0 Å². The van der Waals surface area contributed by atoms with E-state index in [0.29, 0.717) is 0 Å². The molecule has 0 saturated heterocycles. The molecule has 1 atom stereocenters. The summed E-state index contributed by atoms with van der Waals surface area (Å²) in [4.78, 5) is 4.90. The molecule has 0 aromatic heterocycles.